The molecule has 4 bridgehead atoms. The van der Waals surface area contributed by atoms with Gasteiger partial charge >= 0.3 is 0 Å². The number of amides is 2. The molecule has 4 unspecified atom stereocenters. The van der Waals surface area contributed by atoms with E-state index in [-0.39, 0.29) is 28.2 Å². The fourth-order valence-corrected chi connectivity index (χ4v) is 8.50. The number of nitrogens with two attached hydrogens (primary N) is 1. The average molecular weight is 408 g/mol. The van der Waals surface area contributed by atoms with Crippen LogP contribution in [0.4, 0.5) is 0 Å². The predicted molar refractivity (Wildman–Crippen MR) is 115 cm³/mol. The normalized spacial score (nSPS) is 43.9. The van der Waals surface area contributed by atoms with Gasteiger partial charge < -0.3 is 16.0 Å². The van der Waals surface area contributed by atoms with Gasteiger partial charge in [0, 0.05) is 23.7 Å². The van der Waals surface area contributed by atoms with Crippen molar-refractivity contribution < 1.29 is 9.59 Å². The van der Waals surface area contributed by atoms with Crippen LogP contribution in [0.15, 0.2) is 30.3 Å². The van der Waals surface area contributed by atoms with E-state index >= 15 is 0 Å². The summed E-state index contributed by atoms with van der Waals surface area (Å²) < 4.78 is 0. The lowest BCUT2D eigenvalue weighted by atomic mass is 9.40. The zero-order valence-corrected chi connectivity index (χ0v) is 17.9. The number of piperidine rings is 1. The van der Waals surface area contributed by atoms with Crippen LogP contribution in [0, 0.1) is 22.7 Å². The first-order valence-corrected chi connectivity index (χ1v) is 11.7. The van der Waals surface area contributed by atoms with Crippen molar-refractivity contribution in [3.8, 4) is 0 Å². The van der Waals surface area contributed by atoms with E-state index in [0.717, 1.165) is 51.0 Å². The van der Waals surface area contributed by atoms with Crippen molar-refractivity contribution >= 4 is 11.8 Å². The predicted octanol–water partition coefficient (Wildman–Crippen LogP) is 3.09. The van der Waals surface area contributed by atoms with Gasteiger partial charge in [0.2, 0.25) is 5.91 Å². The number of carbonyl (C=O) groups is 2. The zero-order valence-electron chi connectivity index (χ0n) is 17.9. The van der Waals surface area contributed by atoms with Gasteiger partial charge in [0.15, 0.2) is 0 Å². The van der Waals surface area contributed by atoms with E-state index in [0.29, 0.717) is 17.5 Å². The lowest BCUT2D eigenvalue weighted by Gasteiger charge is -2.67. The number of hydrogen-bond acceptors (Lipinski definition) is 3. The molecule has 6 fully saturated rings. The van der Waals surface area contributed by atoms with Gasteiger partial charge in [0.25, 0.3) is 5.91 Å². The van der Waals surface area contributed by atoms with Gasteiger partial charge in [-0.2, -0.15) is 0 Å². The molecule has 1 aliphatic heterocycles. The Bertz CT molecular complexity index is 903. The first-order valence-electron chi connectivity index (χ1n) is 11.7. The molecule has 0 radical (unpaired) electrons. The number of nitrogens with zero attached hydrogens (tertiary/aromatic N) is 1. The average Bonchev–Trinajstić information content (AvgIpc) is 3.35. The fraction of sp³-hybridized carbons (Fsp3) is 0.680. The molecule has 1 aromatic rings. The monoisotopic (exact) mass is 407 g/mol. The van der Waals surface area contributed by atoms with Crippen molar-refractivity contribution in [1.29, 1.82) is 0 Å². The van der Waals surface area contributed by atoms with Gasteiger partial charge in [0.1, 0.15) is 0 Å². The molecule has 1 heterocycles. The van der Waals surface area contributed by atoms with Crippen LogP contribution in [0.25, 0.3) is 0 Å². The maximum atomic E-state index is 13.5. The number of hydrogen-bond donors (Lipinski definition) is 2. The van der Waals surface area contributed by atoms with Crippen LogP contribution < -0.4 is 11.1 Å². The summed E-state index contributed by atoms with van der Waals surface area (Å²) in [6.45, 7) is 3.24. The summed E-state index contributed by atoms with van der Waals surface area (Å²) in [6.07, 6.45) is 8.46. The summed E-state index contributed by atoms with van der Waals surface area (Å²) in [5.74, 6) is 1.46. The van der Waals surface area contributed by atoms with Gasteiger partial charge in [0.05, 0.1) is 6.04 Å². The molecule has 5 aliphatic carbocycles. The molecule has 3 N–H and O–H groups in total. The molecule has 0 aromatic heterocycles. The van der Waals surface area contributed by atoms with E-state index in [1.807, 2.05) is 30.3 Å². The molecule has 6 aliphatic rings. The molecule has 30 heavy (non-hydrogen) atoms. The van der Waals surface area contributed by atoms with Crippen LogP contribution in [0.1, 0.15) is 68.6 Å². The highest BCUT2D eigenvalue weighted by Crippen LogP contribution is 2.67. The van der Waals surface area contributed by atoms with Crippen molar-refractivity contribution in [3.05, 3.63) is 35.9 Å². The van der Waals surface area contributed by atoms with E-state index in [4.69, 9.17) is 5.73 Å². The molecule has 1 aromatic carbocycles. The van der Waals surface area contributed by atoms with Crippen LogP contribution in [0.5, 0.6) is 0 Å². The number of carbonyl (C=O) groups excluding carboxylic acids is 2. The Morgan fingerprint density at radius 1 is 1.13 bits per heavy atom. The number of rotatable bonds is 4. The summed E-state index contributed by atoms with van der Waals surface area (Å²) in [4.78, 5) is 28.6. The first kappa shape index (κ1) is 18.9. The van der Waals surface area contributed by atoms with E-state index in [2.05, 4.69) is 17.1 Å². The molecular weight excluding hydrogens is 374 g/mol. The highest BCUT2D eigenvalue weighted by Gasteiger charge is 2.65. The quantitative estimate of drug-likeness (QED) is 0.805. The number of benzene rings is 1. The summed E-state index contributed by atoms with van der Waals surface area (Å²) in [5, 5.41) is 3.45. The van der Waals surface area contributed by atoms with Crippen molar-refractivity contribution in [2.24, 2.45) is 28.4 Å². The van der Waals surface area contributed by atoms with E-state index in [1.54, 1.807) is 0 Å². The summed E-state index contributed by atoms with van der Waals surface area (Å²) in [7, 11) is 0. The molecule has 5 heteroatoms. The molecule has 7 rings (SSSR count). The Balaban J connectivity index is 1.29. The molecule has 160 valence electrons. The van der Waals surface area contributed by atoms with Gasteiger partial charge in [-0.25, -0.2) is 0 Å². The van der Waals surface area contributed by atoms with Crippen molar-refractivity contribution in [3.63, 3.8) is 0 Å². The second kappa shape index (κ2) is 6.09. The summed E-state index contributed by atoms with van der Waals surface area (Å²) in [6, 6.07) is 9.53. The maximum Gasteiger partial charge on any atom is 0.251 e. The van der Waals surface area contributed by atoms with E-state index in [9.17, 15) is 9.59 Å². The van der Waals surface area contributed by atoms with Crippen LogP contribution in [-0.2, 0) is 4.79 Å². The van der Waals surface area contributed by atoms with Gasteiger partial charge in [-0.05, 0) is 86.2 Å². The minimum Gasteiger partial charge on any atom is -0.347 e. The van der Waals surface area contributed by atoms with Gasteiger partial charge in [-0.3, -0.25) is 9.59 Å². The first-order chi connectivity index (χ1) is 14.3. The highest BCUT2D eigenvalue weighted by molar-refractivity contribution is 5.94. The largest absolute Gasteiger partial charge is 0.347 e. The van der Waals surface area contributed by atoms with Crippen molar-refractivity contribution in [2.45, 2.75) is 75.9 Å². The molecule has 0 spiro atoms. The smallest absolute Gasteiger partial charge is 0.251 e. The summed E-state index contributed by atoms with van der Waals surface area (Å²) in [5.41, 5.74) is 7.30. The number of fused-ring (bicyclic) bond motifs is 1. The Labute approximate surface area is 178 Å². The SMILES string of the molecule is CC12CC3CC(NC(=O)c4ccccc4)(C1)CC([C@H](N)C(=O)N1CC[C@@H]4C[C@@H]41)(C3)C2. The molecule has 7 atom stereocenters. The van der Waals surface area contributed by atoms with Crippen LogP contribution in [0.3, 0.4) is 0 Å². The Kier molecular flexibility index (Phi) is 3.83. The molecule has 2 amide bonds. The molecule has 5 saturated carbocycles. The zero-order chi connectivity index (χ0) is 20.7. The van der Waals surface area contributed by atoms with Crippen molar-refractivity contribution in [1.82, 2.24) is 10.2 Å². The minimum absolute atomic E-state index is 0.0107. The van der Waals surface area contributed by atoms with Crippen molar-refractivity contribution in [2.75, 3.05) is 6.54 Å². The number of likely N-dealkylation sites (tertiary alicyclic amines) is 1. The van der Waals surface area contributed by atoms with E-state index < -0.39 is 6.04 Å². The van der Waals surface area contributed by atoms with Crippen LogP contribution >= 0.6 is 0 Å². The minimum atomic E-state index is -0.437. The van der Waals surface area contributed by atoms with Crippen LogP contribution in [-0.4, -0.2) is 40.9 Å². The van der Waals surface area contributed by atoms with Crippen LogP contribution in [0.2, 0.25) is 0 Å². The van der Waals surface area contributed by atoms with Gasteiger partial charge in [-0.15, -0.1) is 0 Å². The lowest BCUT2D eigenvalue weighted by molar-refractivity contribution is -0.155. The third-order valence-corrected chi connectivity index (χ3v) is 9.04. The third kappa shape index (κ3) is 2.77. The maximum absolute atomic E-state index is 13.5. The molecule has 1 saturated heterocycles. The van der Waals surface area contributed by atoms with Gasteiger partial charge in [-0.1, -0.05) is 25.1 Å². The highest BCUT2D eigenvalue weighted by atomic mass is 16.2. The topological polar surface area (TPSA) is 75.4 Å². The molecule has 5 nitrogen and oxygen atoms in total. The molecular formula is C25H33N3O2. The van der Waals surface area contributed by atoms with E-state index in [1.165, 1.54) is 12.8 Å². The Morgan fingerprint density at radius 3 is 2.60 bits per heavy atom. The summed E-state index contributed by atoms with van der Waals surface area (Å²) >= 11 is 0. The fourth-order valence-electron chi connectivity index (χ4n) is 8.50. The standard InChI is InChI=1S/C25H33N3O2/c1-23-10-16-11-24(13-23,20(26)22(30)28-8-7-18-9-19(18)28)15-25(12-16,14-23)27-21(29)17-5-3-2-4-6-17/h2-6,16,18-20H,7-15,26H2,1H3,(H,27,29)/t16?,18-,19+,20-,23?,24?,25?/m1/s1. The Morgan fingerprint density at radius 2 is 1.93 bits per heavy atom. The Hall–Kier alpha value is -1.88. The number of nitrogens with one attached hydrogen (secondary N) is 1. The second-order valence-corrected chi connectivity index (χ2v) is 11.6. The second-order valence-electron chi connectivity index (χ2n) is 11.6. The lowest BCUT2D eigenvalue weighted by Crippen LogP contribution is -2.70. The third-order valence-electron chi connectivity index (χ3n) is 9.04.